The minimum Gasteiger partial charge on any atom is -0.441 e. The quantitative estimate of drug-likeness (QED) is 0.316. The molecule has 39 heavy (non-hydrogen) atoms. The molecule has 2 aromatic carbocycles. The molecule has 2 fully saturated rings. The molecule has 3 atom stereocenters. The number of hydrogen-bond acceptors (Lipinski definition) is 9. The third-order valence-electron chi connectivity index (χ3n) is 6.37. The summed E-state index contributed by atoms with van der Waals surface area (Å²) in [4.78, 5) is 17.9. The van der Waals surface area contributed by atoms with Gasteiger partial charge in [0.2, 0.25) is 5.79 Å². The van der Waals surface area contributed by atoms with Gasteiger partial charge in [0.25, 0.3) is 0 Å². The van der Waals surface area contributed by atoms with E-state index < -0.39 is 35.7 Å². The smallest absolute Gasteiger partial charge is 0.414 e. The zero-order valence-electron chi connectivity index (χ0n) is 20.5. The van der Waals surface area contributed by atoms with Crippen molar-refractivity contribution in [3.05, 3.63) is 84.7 Å². The average Bonchev–Trinajstić information content (AvgIpc) is 3.74. The van der Waals surface area contributed by atoms with Gasteiger partial charge in [-0.2, -0.15) is 5.10 Å². The van der Waals surface area contributed by atoms with Gasteiger partial charge in [0.1, 0.15) is 43.0 Å². The molecule has 0 radical (unpaired) electrons. The number of carbonyl (C=O) groups is 1. The Hall–Kier alpha value is -4.27. The van der Waals surface area contributed by atoms with Crippen LogP contribution in [0.25, 0.3) is 5.69 Å². The summed E-state index contributed by atoms with van der Waals surface area (Å²) in [5.74, 6) is -3.06. The first-order chi connectivity index (χ1) is 19.0. The van der Waals surface area contributed by atoms with Gasteiger partial charge >= 0.3 is 6.09 Å². The van der Waals surface area contributed by atoms with E-state index >= 15 is 0 Å². The molecule has 0 N–H and O–H groups in total. The highest BCUT2D eigenvalue weighted by Crippen LogP contribution is 2.37. The van der Waals surface area contributed by atoms with Crippen LogP contribution in [0.15, 0.2) is 67.5 Å². The van der Waals surface area contributed by atoms with Gasteiger partial charge in [0.15, 0.2) is 0 Å². The normalized spacial score (nSPS) is 22.9. The van der Waals surface area contributed by atoms with Gasteiger partial charge in [-0.05, 0) is 36.4 Å². The fourth-order valence-corrected chi connectivity index (χ4v) is 4.56. The van der Waals surface area contributed by atoms with Crippen LogP contribution in [0.5, 0.6) is 0 Å². The zero-order chi connectivity index (χ0) is 26.8. The Labute approximate surface area is 220 Å². The summed E-state index contributed by atoms with van der Waals surface area (Å²) in [6.45, 7) is 0.625. The number of ether oxygens (including phenoxy) is 4. The summed E-state index contributed by atoms with van der Waals surface area (Å²) in [7, 11) is 0. The molecule has 0 spiro atoms. The van der Waals surface area contributed by atoms with Crippen molar-refractivity contribution in [2.24, 2.45) is 0 Å². The largest absolute Gasteiger partial charge is 0.441 e. The highest BCUT2D eigenvalue weighted by Gasteiger charge is 2.46. The lowest BCUT2D eigenvalue weighted by Gasteiger charge is -2.28. The van der Waals surface area contributed by atoms with Gasteiger partial charge in [-0.3, -0.25) is 4.90 Å². The van der Waals surface area contributed by atoms with Gasteiger partial charge in [-0.15, -0.1) is 5.10 Å². The lowest BCUT2D eigenvalue weighted by atomic mass is 10.0. The van der Waals surface area contributed by atoms with Crippen molar-refractivity contribution in [2.75, 3.05) is 31.3 Å². The molecule has 4 aromatic rings. The molecule has 12 nitrogen and oxygen atoms in total. The Morgan fingerprint density at radius 1 is 1.08 bits per heavy atom. The Morgan fingerprint density at radius 2 is 1.90 bits per heavy atom. The molecule has 202 valence electrons. The Morgan fingerprint density at radius 3 is 2.64 bits per heavy atom. The van der Waals surface area contributed by atoms with Crippen LogP contribution in [-0.2, 0) is 31.3 Å². The van der Waals surface area contributed by atoms with E-state index in [0.29, 0.717) is 12.2 Å². The number of cyclic esters (lactones) is 1. The van der Waals surface area contributed by atoms with Gasteiger partial charge in [0.05, 0.1) is 44.4 Å². The fourth-order valence-electron chi connectivity index (χ4n) is 4.56. The molecule has 1 amide bonds. The van der Waals surface area contributed by atoms with Crippen LogP contribution in [0.4, 0.5) is 19.3 Å². The number of aromatic nitrogens is 6. The van der Waals surface area contributed by atoms with E-state index in [0.717, 1.165) is 17.8 Å². The third kappa shape index (κ3) is 5.21. The van der Waals surface area contributed by atoms with Crippen LogP contribution < -0.4 is 4.90 Å². The number of amides is 1. The molecule has 2 aliphatic rings. The second-order valence-electron chi connectivity index (χ2n) is 9.04. The van der Waals surface area contributed by atoms with Crippen molar-refractivity contribution in [1.29, 1.82) is 0 Å². The summed E-state index contributed by atoms with van der Waals surface area (Å²) >= 11 is 0. The highest BCUT2D eigenvalue weighted by molar-refractivity contribution is 5.89. The van der Waals surface area contributed by atoms with Gasteiger partial charge < -0.3 is 18.9 Å². The van der Waals surface area contributed by atoms with Crippen LogP contribution in [0.1, 0.15) is 5.56 Å². The van der Waals surface area contributed by atoms with Crippen LogP contribution in [0, 0.1) is 11.6 Å². The Bertz CT molecular complexity index is 1420. The predicted molar refractivity (Wildman–Crippen MR) is 129 cm³/mol. The van der Waals surface area contributed by atoms with E-state index in [1.807, 2.05) is 12.1 Å². The standard InChI is InChI=1S/C25H23F2N7O5/c26-17-1-6-22(23(27)9-17)25(14-32-16-28-15-30-32)37-13-21(39-25)12-36-11-20-10-33(24(35)38-20)18-2-4-19(5-3-18)34-8-7-29-31-34/h1-9,15-16,20-21H,10-14H2. The molecule has 3 unspecified atom stereocenters. The maximum absolute atomic E-state index is 14.7. The lowest BCUT2D eigenvalue weighted by Crippen LogP contribution is -2.35. The Balaban J connectivity index is 1.05. The van der Waals surface area contributed by atoms with Gasteiger partial charge in [0, 0.05) is 17.3 Å². The van der Waals surface area contributed by atoms with Crippen molar-refractivity contribution in [1.82, 2.24) is 29.8 Å². The number of anilines is 1. The number of hydrogen-bond donors (Lipinski definition) is 0. The number of halogens is 2. The van der Waals surface area contributed by atoms with E-state index in [-0.39, 0.29) is 31.9 Å². The molecular weight excluding hydrogens is 516 g/mol. The maximum atomic E-state index is 14.7. The van der Waals surface area contributed by atoms with Crippen LogP contribution in [-0.4, -0.2) is 74.4 Å². The van der Waals surface area contributed by atoms with Crippen molar-refractivity contribution in [3.63, 3.8) is 0 Å². The molecule has 0 aliphatic carbocycles. The zero-order valence-corrected chi connectivity index (χ0v) is 20.5. The summed E-state index contributed by atoms with van der Waals surface area (Å²) in [5, 5.41) is 11.8. The summed E-state index contributed by atoms with van der Waals surface area (Å²) < 4.78 is 54.6. The minimum atomic E-state index is -1.55. The molecule has 4 heterocycles. The van der Waals surface area contributed by atoms with Crippen LogP contribution in [0.3, 0.4) is 0 Å². The SMILES string of the molecule is O=C1OC(COCC2COC(Cn3cncn3)(c3ccc(F)cc3F)O2)CN1c1ccc(-n2ccnn2)cc1. The first-order valence-corrected chi connectivity index (χ1v) is 12.1. The van der Waals surface area contributed by atoms with E-state index in [1.54, 1.807) is 29.2 Å². The van der Waals surface area contributed by atoms with Crippen molar-refractivity contribution >= 4 is 11.8 Å². The number of rotatable bonds is 9. The highest BCUT2D eigenvalue weighted by atomic mass is 19.1. The maximum Gasteiger partial charge on any atom is 0.414 e. The predicted octanol–water partition coefficient (Wildman–Crippen LogP) is 2.45. The second-order valence-corrected chi connectivity index (χ2v) is 9.04. The molecule has 14 heteroatoms. The van der Waals surface area contributed by atoms with E-state index in [4.69, 9.17) is 18.9 Å². The first-order valence-electron chi connectivity index (χ1n) is 12.1. The number of carbonyl (C=O) groups excluding carboxylic acids is 1. The first kappa shape index (κ1) is 25.0. The van der Waals surface area contributed by atoms with E-state index in [1.165, 1.54) is 28.3 Å². The molecule has 0 bridgehead atoms. The topological polar surface area (TPSA) is 119 Å². The molecule has 2 aliphatic heterocycles. The number of nitrogens with zero attached hydrogens (tertiary/aromatic N) is 7. The fraction of sp³-hybridized carbons (Fsp3) is 0.320. The van der Waals surface area contributed by atoms with E-state index in [9.17, 15) is 13.6 Å². The lowest BCUT2D eigenvalue weighted by molar-refractivity contribution is -0.195. The van der Waals surface area contributed by atoms with Crippen LogP contribution >= 0.6 is 0 Å². The second kappa shape index (κ2) is 10.5. The summed E-state index contributed by atoms with van der Waals surface area (Å²) in [6, 6.07) is 10.5. The van der Waals surface area contributed by atoms with Gasteiger partial charge in [-0.1, -0.05) is 5.21 Å². The van der Waals surface area contributed by atoms with Crippen LogP contribution in [0.2, 0.25) is 0 Å². The Kier molecular flexibility index (Phi) is 6.72. The molecule has 6 rings (SSSR count). The molecule has 0 saturated carbocycles. The van der Waals surface area contributed by atoms with E-state index in [2.05, 4.69) is 20.4 Å². The molecule has 2 saturated heterocycles. The summed E-state index contributed by atoms with van der Waals surface area (Å²) in [6.07, 6.45) is 4.55. The average molecular weight is 539 g/mol. The summed E-state index contributed by atoms with van der Waals surface area (Å²) in [5.41, 5.74) is 1.53. The van der Waals surface area contributed by atoms with Crippen molar-refractivity contribution in [3.8, 4) is 5.69 Å². The van der Waals surface area contributed by atoms with Gasteiger partial charge in [-0.25, -0.2) is 27.9 Å². The third-order valence-corrected chi connectivity index (χ3v) is 6.37. The van der Waals surface area contributed by atoms with Crippen molar-refractivity contribution in [2.45, 2.75) is 24.5 Å². The van der Waals surface area contributed by atoms with Crippen molar-refractivity contribution < 1.29 is 32.5 Å². The molecule has 2 aromatic heterocycles. The monoisotopic (exact) mass is 539 g/mol. The minimum absolute atomic E-state index is 0.00303. The molecular formula is C25H23F2N7O5. The number of benzene rings is 2.